The summed E-state index contributed by atoms with van der Waals surface area (Å²) in [6, 6.07) is -0.308. The third-order valence-electron chi connectivity index (χ3n) is 0.339. The van der Waals surface area contributed by atoms with Crippen molar-refractivity contribution in [2.45, 2.75) is 0 Å². The standard InChI is InChI=1S/C3H8FNS/c4-3-6-2-1-5/h1-3,5H2. The minimum atomic E-state index is -0.308. The highest BCUT2D eigenvalue weighted by molar-refractivity contribution is 7.99. The first-order valence-corrected chi connectivity index (χ1v) is 2.91. The first-order valence-electron chi connectivity index (χ1n) is 1.75. The quantitative estimate of drug-likeness (QED) is 0.537. The van der Waals surface area contributed by atoms with Gasteiger partial charge < -0.3 is 5.73 Å². The molecule has 0 aliphatic carbocycles. The molecule has 1 nitrogen and oxygen atoms in total. The van der Waals surface area contributed by atoms with Crippen molar-refractivity contribution in [2.75, 3.05) is 18.3 Å². The van der Waals surface area contributed by atoms with E-state index in [0.717, 1.165) is 5.75 Å². The lowest BCUT2D eigenvalue weighted by Gasteiger charge is -1.85. The van der Waals surface area contributed by atoms with Gasteiger partial charge in [0, 0.05) is 12.3 Å². The normalized spacial score (nSPS) is 9.00. The molecule has 0 spiro atoms. The van der Waals surface area contributed by atoms with E-state index in [4.69, 9.17) is 5.73 Å². The molecule has 0 rings (SSSR count). The zero-order valence-corrected chi connectivity index (χ0v) is 4.30. The van der Waals surface area contributed by atoms with Crippen molar-refractivity contribution in [3.05, 3.63) is 0 Å². The number of alkyl halides is 1. The molecule has 0 radical (unpaired) electrons. The van der Waals surface area contributed by atoms with Crippen molar-refractivity contribution in [1.29, 1.82) is 0 Å². The highest BCUT2D eigenvalue weighted by atomic mass is 32.2. The summed E-state index contributed by atoms with van der Waals surface area (Å²) in [6.45, 7) is 0.578. The van der Waals surface area contributed by atoms with E-state index < -0.39 is 0 Å². The van der Waals surface area contributed by atoms with Crippen molar-refractivity contribution >= 4 is 11.8 Å². The van der Waals surface area contributed by atoms with Gasteiger partial charge in [0.15, 0.2) is 0 Å². The smallest absolute Gasteiger partial charge is 0.135 e. The van der Waals surface area contributed by atoms with Gasteiger partial charge in [0.25, 0.3) is 0 Å². The monoisotopic (exact) mass is 109 g/mol. The van der Waals surface area contributed by atoms with E-state index in [9.17, 15) is 4.39 Å². The molecule has 0 aromatic heterocycles. The average molecular weight is 109 g/mol. The van der Waals surface area contributed by atoms with Crippen LogP contribution < -0.4 is 5.73 Å². The van der Waals surface area contributed by atoms with E-state index in [-0.39, 0.29) is 6.01 Å². The zero-order chi connectivity index (χ0) is 4.83. The van der Waals surface area contributed by atoms with Crippen molar-refractivity contribution in [2.24, 2.45) is 5.73 Å². The summed E-state index contributed by atoms with van der Waals surface area (Å²) in [5.41, 5.74) is 5.03. The lowest BCUT2D eigenvalue weighted by atomic mass is 10.8. The fourth-order valence-electron chi connectivity index (χ4n) is 0.138. The Bertz CT molecular complexity index is 22.8. The van der Waals surface area contributed by atoms with Gasteiger partial charge in [0.05, 0.1) is 0 Å². The van der Waals surface area contributed by atoms with Gasteiger partial charge in [-0.3, -0.25) is 0 Å². The minimum Gasteiger partial charge on any atom is -0.330 e. The van der Waals surface area contributed by atoms with Crippen LogP contribution in [0.15, 0.2) is 0 Å². The topological polar surface area (TPSA) is 26.0 Å². The van der Waals surface area contributed by atoms with Crippen LogP contribution in [0.5, 0.6) is 0 Å². The molecule has 0 aromatic rings. The van der Waals surface area contributed by atoms with Crippen molar-refractivity contribution in [1.82, 2.24) is 0 Å². The number of thioether (sulfide) groups is 1. The van der Waals surface area contributed by atoms with E-state index in [2.05, 4.69) is 0 Å². The molecule has 0 atom stereocenters. The third kappa shape index (κ3) is 4.24. The Morgan fingerprint density at radius 3 is 2.50 bits per heavy atom. The maximum atomic E-state index is 11.1. The maximum absolute atomic E-state index is 11.1. The average Bonchev–Trinajstić information content (AvgIpc) is 1.61. The van der Waals surface area contributed by atoms with Crippen LogP contribution in [0.4, 0.5) is 4.39 Å². The molecule has 0 aliphatic rings. The largest absolute Gasteiger partial charge is 0.330 e. The van der Waals surface area contributed by atoms with Gasteiger partial charge in [-0.25, -0.2) is 4.39 Å². The summed E-state index contributed by atoms with van der Waals surface area (Å²) >= 11 is 1.22. The molecule has 0 amide bonds. The molecular formula is C3H8FNS. The van der Waals surface area contributed by atoms with Crippen LogP contribution in [0.25, 0.3) is 0 Å². The van der Waals surface area contributed by atoms with E-state index >= 15 is 0 Å². The molecule has 0 bridgehead atoms. The van der Waals surface area contributed by atoms with Crippen LogP contribution in [0.2, 0.25) is 0 Å². The van der Waals surface area contributed by atoms with Crippen LogP contribution in [0.3, 0.4) is 0 Å². The first kappa shape index (κ1) is 6.24. The van der Waals surface area contributed by atoms with Crippen LogP contribution in [-0.2, 0) is 0 Å². The number of hydrogen-bond acceptors (Lipinski definition) is 2. The second-order valence-corrected chi connectivity index (χ2v) is 1.84. The Balaban J connectivity index is 2.34. The minimum absolute atomic E-state index is 0.308. The number of halogens is 1. The summed E-state index contributed by atoms with van der Waals surface area (Å²) in [6.07, 6.45) is 0. The predicted octanol–water partition coefficient (Wildman–Crippen LogP) is 0.605. The van der Waals surface area contributed by atoms with E-state index in [1.54, 1.807) is 0 Å². The van der Waals surface area contributed by atoms with Gasteiger partial charge in [0.2, 0.25) is 0 Å². The van der Waals surface area contributed by atoms with E-state index in [0.29, 0.717) is 6.54 Å². The number of nitrogens with two attached hydrogens (primary N) is 1. The summed E-state index contributed by atoms with van der Waals surface area (Å²) in [5, 5.41) is 0. The third-order valence-corrected chi connectivity index (χ3v) is 1.02. The molecule has 6 heavy (non-hydrogen) atoms. The molecule has 38 valence electrons. The fraction of sp³-hybridized carbons (Fsp3) is 1.00. The fourth-order valence-corrected chi connectivity index (χ4v) is 0.414. The Morgan fingerprint density at radius 2 is 2.33 bits per heavy atom. The highest BCUT2D eigenvalue weighted by Crippen LogP contribution is 1.95. The van der Waals surface area contributed by atoms with Gasteiger partial charge in [-0.15, -0.1) is 11.8 Å². The Labute approximate surface area is 41.1 Å². The lowest BCUT2D eigenvalue weighted by molar-refractivity contribution is 0.605. The van der Waals surface area contributed by atoms with Crippen molar-refractivity contribution in [3.63, 3.8) is 0 Å². The molecule has 2 N–H and O–H groups in total. The molecule has 0 heterocycles. The van der Waals surface area contributed by atoms with Gasteiger partial charge >= 0.3 is 0 Å². The summed E-state index contributed by atoms with van der Waals surface area (Å²) < 4.78 is 11.1. The summed E-state index contributed by atoms with van der Waals surface area (Å²) in [7, 11) is 0. The predicted molar refractivity (Wildman–Crippen MR) is 27.5 cm³/mol. The molecule has 3 heteroatoms. The van der Waals surface area contributed by atoms with Crippen molar-refractivity contribution in [3.8, 4) is 0 Å². The second-order valence-electron chi connectivity index (χ2n) is 0.806. The molecule has 0 fully saturated rings. The molecule has 0 aromatic carbocycles. The van der Waals surface area contributed by atoms with Crippen LogP contribution in [0, 0.1) is 0 Å². The molecular weight excluding hydrogens is 101 g/mol. The summed E-state index contributed by atoms with van der Waals surface area (Å²) in [5.74, 6) is 0.733. The van der Waals surface area contributed by atoms with Crippen LogP contribution >= 0.6 is 11.8 Å². The van der Waals surface area contributed by atoms with Crippen LogP contribution in [0.1, 0.15) is 0 Å². The van der Waals surface area contributed by atoms with Crippen LogP contribution in [-0.4, -0.2) is 18.3 Å². The van der Waals surface area contributed by atoms with E-state index in [1.165, 1.54) is 11.8 Å². The molecule has 0 aliphatic heterocycles. The second kappa shape index (κ2) is 5.24. The van der Waals surface area contributed by atoms with Crippen molar-refractivity contribution < 1.29 is 4.39 Å². The molecule has 0 unspecified atom stereocenters. The number of hydrogen-bond donors (Lipinski definition) is 1. The van der Waals surface area contributed by atoms with E-state index in [1.807, 2.05) is 0 Å². The SMILES string of the molecule is NCCSCF. The highest BCUT2D eigenvalue weighted by Gasteiger charge is 1.77. The van der Waals surface area contributed by atoms with Gasteiger partial charge in [-0.2, -0.15) is 0 Å². The van der Waals surface area contributed by atoms with Gasteiger partial charge in [-0.05, 0) is 0 Å². The molecule has 0 saturated heterocycles. The summed E-state index contributed by atoms with van der Waals surface area (Å²) in [4.78, 5) is 0. The Morgan fingerprint density at radius 1 is 1.67 bits per heavy atom. The zero-order valence-electron chi connectivity index (χ0n) is 3.48. The Hall–Kier alpha value is 0.240. The maximum Gasteiger partial charge on any atom is 0.135 e. The first-order chi connectivity index (χ1) is 2.91. The lowest BCUT2D eigenvalue weighted by Crippen LogP contribution is -2.00. The Kier molecular flexibility index (Phi) is 5.45. The van der Waals surface area contributed by atoms with Gasteiger partial charge in [-0.1, -0.05) is 0 Å². The van der Waals surface area contributed by atoms with Gasteiger partial charge in [0.1, 0.15) is 6.01 Å². The molecule has 0 saturated carbocycles. The number of rotatable bonds is 3.